The van der Waals surface area contributed by atoms with Gasteiger partial charge in [0.1, 0.15) is 0 Å². The zero-order chi connectivity index (χ0) is 25.3. The van der Waals surface area contributed by atoms with Crippen molar-refractivity contribution < 1.29 is 22.7 Å². The van der Waals surface area contributed by atoms with Crippen LogP contribution in [0.1, 0.15) is 21.5 Å². The number of methoxy groups -OCH3 is 1. The summed E-state index contributed by atoms with van der Waals surface area (Å²) in [6.07, 6.45) is 1.84. The highest BCUT2D eigenvalue weighted by molar-refractivity contribution is 9.10. The topological polar surface area (TPSA) is 105 Å². The van der Waals surface area contributed by atoms with Crippen molar-refractivity contribution in [1.82, 2.24) is 9.73 Å². The summed E-state index contributed by atoms with van der Waals surface area (Å²) in [5.41, 5.74) is 4.35. The Morgan fingerprint density at radius 1 is 1.00 bits per heavy atom. The molecule has 0 unspecified atom stereocenters. The molecule has 0 atom stereocenters. The lowest BCUT2D eigenvalue weighted by molar-refractivity contribution is -0.121. The van der Waals surface area contributed by atoms with Crippen LogP contribution in [0.2, 0.25) is 0 Å². The third-order valence-electron chi connectivity index (χ3n) is 5.00. The number of halogens is 1. The number of rotatable bonds is 10. The molecule has 0 heterocycles. The lowest BCUT2D eigenvalue weighted by atomic mass is 10.1. The van der Waals surface area contributed by atoms with E-state index in [0.29, 0.717) is 17.5 Å². The van der Waals surface area contributed by atoms with Gasteiger partial charge in [-0.2, -0.15) is 9.41 Å². The molecule has 35 heavy (non-hydrogen) atoms. The summed E-state index contributed by atoms with van der Waals surface area (Å²) < 4.78 is 33.1. The third kappa shape index (κ3) is 7.57. The molecule has 3 aromatic rings. The molecule has 0 aromatic heterocycles. The first-order valence-electron chi connectivity index (χ1n) is 10.6. The highest BCUT2D eigenvalue weighted by Crippen LogP contribution is 2.19. The van der Waals surface area contributed by atoms with E-state index in [2.05, 4.69) is 31.2 Å². The molecule has 1 amide bonds. The van der Waals surface area contributed by atoms with Gasteiger partial charge >= 0.3 is 5.97 Å². The van der Waals surface area contributed by atoms with Crippen molar-refractivity contribution in [1.29, 1.82) is 0 Å². The van der Waals surface area contributed by atoms with E-state index in [-0.39, 0.29) is 11.4 Å². The fraction of sp³-hybridized carbons (Fsp3) is 0.160. The number of ether oxygens (including phenoxy) is 1. The van der Waals surface area contributed by atoms with Gasteiger partial charge in [-0.15, -0.1) is 0 Å². The van der Waals surface area contributed by atoms with Gasteiger partial charge in [0, 0.05) is 11.0 Å². The van der Waals surface area contributed by atoms with Gasteiger partial charge < -0.3 is 4.74 Å². The Labute approximate surface area is 212 Å². The van der Waals surface area contributed by atoms with E-state index in [9.17, 15) is 18.0 Å². The van der Waals surface area contributed by atoms with E-state index in [4.69, 9.17) is 0 Å². The number of hydrogen-bond acceptors (Lipinski definition) is 6. The third-order valence-corrected chi connectivity index (χ3v) is 7.39. The van der Waals surface area contributed by atoms with Gasteiger partial charge in [0.25, 0.3) is 5.91 Å². The standard InChI is InChI=1S/C25H24BrN3O5S/c1-34-25(31)21-9-7-20(8-10-21)17-27-28-24(30)18-29(16-15-19-5-3-2-4-6-19)35(32,33)23-13-11-22(26)12-14-23/h2-14,17H,15-16,18H2,1H3,(H,28,30)/b27-17-. The molecule has 3 rings (SSSR count). The normalized spacial score (nSPS) is 11.5. The molecular formula is C25H24BrN3O5S. The van der Waals surface area contributed by atoms with Crippen molar-refractivity contribution in [3.05, 3.63) is 100 Å². The number of hydrogen-bond donors (Lipinski definition) is 1. The summed E-state index contributed by atoms with van der Waals surface area (Å²) in [6, 6.07) is 22.1. The molecule has 10 heteroatoms. The van der Waals surface area contributed by atoms with Crippen molar-refractivity contribution in [2.45, 2.75) is 11.3 Å². The average molecular weight is 558 g/mol. The fourth-order valence-corrected chi connectivity index (χ4v) is 4.80. The lowest BCUT2D eigenvalue weighted by Gasteiger charge is -2.21. The van der Waals surface area contributed by atoms with E-state index in [1.165, 1.54) is 25.5 Å². The minimum atomic E-state index is -3.92. The van der Waals surface area contributed by atoms with Crippen LogP contribution in [-0.2, 0) is 26.0 Å². The van der Waals surface area contributed by atoms with Crippen LogP contribution < -0.4 is 5.43 Å². The van der Waals surface area contributed by atoms with Gasteiger partial charge in [-0.1, -0.05) is 58.4 Å². The zero-order valence-corrected chi connectivity index (χ0v) is 21.3. The molecule has 0 radical (unpaired) electrons. The Hall–Kier alpha value is -3.34. The van der Waals surface area contributed by atoms with Crippen LogP contribution in [0, 0.1) is 0 Å². The molecule has 0 aliphatic rings. The first kappa shape index (κ1) is 26.3. The Kier molecular flexibility index (Phi) is 9.30. The number of carbonyl (C=O) groups excluding carboxylic acids is 2. The van der Waals surface area contributed by atoms with Crippen molar-refractivity contribution in [3.8, 4) is 0 Å². The van der Waals surface area contributed by atoms with Crippen LogP contribution in [0.15, 0.2) is 93.3 Å². The predicted molar refractivity (Wildman–Crippen MR) is 137 cm³/mol. The largest absolute Gasteiger partial charge is 0.465 e. The van der Waals surface area contributed by atoms with Gasteiger partial charge in [-0.3, -0.25) is 4.79 Å². The summed E-state index contributed by atoms with van der Waals surface area (Å²) in [4.78, 5) is 24.2. The SMILES string of the molecule is COC(=O)c1ccc(/C=N\NC(=O)CN(CCc2ccccc2)S(=O)(=O)c2ccc(Br)cc2)cc1. The van der Waals surface area contributed by atoms with Crippen LogP contribution in [0.25, 0.3) is 0 Å². The number of nitrogens with one attached hydrogen (secondary N) is 1. The Balaban J connectivity index is 1.69. The van der Waals surface area contributed by atoms with Crippen LogP contribution >= 0.6 is 15.9 Å². The quantitative estimate of drug-likeness (QED) is 0.233. The van der Waals surface area contributed by atoms with Gasteiger partial charge in [0.2, 0.25) is 10.0 Å². The number of benzene rings is 3. The number of carbonyl (C=O) groups is 2. The van der Waals surface area contributed by atoms with Crippen LogP contribution in [-0.4, -0.2) is 51.0 Å². The molecule has 0 spiro atoms. The van der Waals surface area contributed by atoms with E-state index in [0.717, 1.165) is 14.3 Å². The highest BCUT2D eigenvalue weighted by atomic mass is 79.9. The summed E-state index contributed by atoms with van der Waals surface area (Å²) in [7, 11) is -2.62. The molecule has 8 nitrogen and oxygen atoms in total. The van der Waals surface area contributed by atoms with Gasteiger partial charge in [0.05, 0.1) is 30.3 Å². The molecular weight excluding hydrogens is 534 g/mol. The van der Waals surface area contributed by atoms with Crippen molar-refractivity contribution in [2.75, 3.05) is 20.2 Å². The van der Waals surface area contributed by atoms with Crippen molar-refractivity contribution in [2.24, 2.45) is 5.10 Å². The van der Waals surface area contributed by atoms with E-state index >= 15 is 0 Å². The van der Waals surface area contributed by atoms with E-state index in [1.807, 2.05) is 30.3 Å². The molecule has 0 saturated carbocycles. The second-order valence-electron chi connectivity index (χ2n) is 7.43. The smallest absolute Gasteiger partial charge is 0.337 e. The molecule has 182 valence electrons. The Bertz CT molecular complexity index is 1280. The second-order valence-corrected chi connectivity index (χ2v) is 10.3. The maximum absolute atomic E-state index is 13.3. The molecule has 3 aromatic carbocycles. The first-order chi connectivity index (χ1) is 16.8. The summed E-state index contributed by atoms with van der Waals surface area (Å²) in [5, 5.41) is 3.91. The summed E-state index contributed by atoms with van der Waals surface area (Å²) >= 11 is 3.30. The summed E-state index contributed by atoms with van der Waals surface area (Å²) in [6.45, 7) is -0.279. The van der Waals surface area contributed by atoms with Gasteiger partial charge in [0.15, 0.2) is 0 Å². The minimum Gasteiger partial charge on any atom is -0.465 e. The number of sulfonamides is 1. The summed E-state index contributed by atoms with van der Waals surface area (Å²) in [5.74, 6) is -1.04. The van der Waals surface area contributed by atoms with Crippen molar-refractivity contribution in [3.63, 3.8) is 0 Å². The average Bonchev–Trinajstić information content (AvgIpc) is 2.87. The zero-order valence-electron chi connectivity index (χ0n) is 18.9. The first-order valence-corrected chi connectivity index (χ1v) is 12.8. The molecule has 0 aliphatic heterocycles. The van der Waals surface area contributed by atoms with Crippen LogP contribution in [0.3, 0.4) is 0 Å². The molecule has 0 bridgehead atoms. The van der Waals surface area contributed by atoms with E-state index < -0.39 is 28.4 Å². The molecule has 0 saturated heterocycles. The highest BCUT2D eigenvalue weighted by Gasteiger charge is 2.26. The van der Waals surface area contributed by atoms with Gasteiger partial charge in [-0.25, -0.2) is 18.6 Å². The number of esters is 1. The fourth-order valence-electron chi connectivity index (χ4n) is 3.14. The van der Waals surface area contributed by atoms with Crippen molar-refractivity contribution >= 4 is 44.0 Å². The number of amides is 1. The Morgan fingerprint density at radius 3 is 2.29 bits per heavy atom. The van der Waals surface area contributed by atoms with Gasteiger partial charge in [-0.05, 0) is 53.9 Å². The maximum atomic E-state index is 13.3. The van der Waals surface area contributed by atoms with Crippen LogP contribution in [0.4, 0.5) is 0 Å². The minimum absolute atomic E-state index is 0.0933. The second kappa shape index (κ2) is 12.4. The van der Waals surface area contributed by atoms with E-state index in [1.54, 1.807) is 36.4 Å². The predicted octanol–water partition coefficient (Wildman–Crippen LogP) is 3.62. The number of hydrazone groups is 1. The lowest BCUT2D eigenvalue weighted by Crippen LogP contribution is -2.40. The maximum Gasteiger partial charge on any atom is 0.337 e. The molecule has 0 aliphatic carbocycles. The monoisotopic (exact) mass is 557 g/mol. The van der Waals surface area contributed by atoms with Crippen LogP contribution in [0.5, 0.6) is 0 Å². The molecule has 0 fully saturated rings. The number of nitrogens with zero attached hydrogens (tertiary/aromatic N) is 2. The Morgan fingerprint density at radius 2 is 1.66 bits per heavy atom. The molecule has 1 N–H and O–H groups in total.